The summed E-state index contributed by atoms with van der Waals surface area (Å²) in [6, 6.07) is 5.26. The van der Waals surface area contributed by atoms with Crippen LogP contribution >= 0.6 is 0 Å². The van der Waals surface area contributed by atoms with Gasteiger partial charge in [0.2, 0.25) is 0 Å². The second-order valence-electron chi connectivity index (χ2n) is 6.31. The molecule has 2 amide bonds. The lowest BCUT2D eigenvalue weighted by Crippen LogP contribution is -2.28. The maximum absolute atomic E-state index is 12.5. The van der Waals surface area contributed by atoms with Crippen LogP contribution in [-0.2, 0) is 6.54 Å². The SMILES string of the molecule is O=C(NCc1cccnc1-n1cncn1)c1c[nH]c(C(=O)N2CCCC2)c1. The number of carbonyl (C=O) groups is 2. The van der Waals surface area contributed by atoms with Crippen LogP contribution in [0.1, 0.15) is 39.3 Å². The van der Waals surface area contributed by atoms with Crippen LogP contribution in [0.25, 0.3) is 5.82 Å². The van der Waals surface area contributed by atoms with Crippen molar-refractivity contribution in [2.45, 2.75) is 19.4 Å². The molecule has 1 saturated heterocycles. The number of pyridine rings is 1. The summed E-state index contributed by atoms with van der Waals surface area (Å²) in [6.07, 6.45) is 8.24. The molecule has 0 saturated carbocycles. The Balaban J connectivity index is 1.43. The summed E-state index contributed by atoms with van der Waals surface area (Å²) in [4.78, 5) is 37.8. The second-order valence-corrected chi connectivity index (χ2v) is 6.31. The number of hydrogen-bond acceptors (Lipinski definition) is 5. The highest BCUT2D eigenvalue weighted by Crippen LogP contribution is 2.14. The fraction of sp³-hybridized carbons (Fsp3) is 0.278. The first-order valence-corrected chi connectivity index (χ1v) is 8.77. The van der Waals surface area contributed by atoms with E-state index in [1.54, 1.807) is 40.4 Å². The summed E-state index contributed by atoms with van der Waals surface area (Å²) in [5.41, 5.74) is 1.66. The molecular formula is C18H19N7O2. The molecule has 0 aliphatic carbocycles. The van der Waals surface area contributed by atoms with Crippen LogP contribution in [0.2, 0.25) is 0 Å². The van der Waals surface area contributed by atoms with Crippen molar-refractivity contribution < 1.29 is 9.59 Å². The van der Waals surface area contributed by atoms with Crippen molar-refractivity contribution in [1.82, 2.24) is 34.9 Å². The minimum Gasteiger partial charge on any atom is -0.356 e. The van der Waals surface area contributed by atoms with E-state index in [-0.39, 0.29) is 18.4 Å². The highest BCUT2D eigenvalue weighted by Gasteiger charge is 2.21. The number of aromatic amines is 1. The maximum atomic E-state index is 12.5. The van der Waals surface area contributed by atoms with E-state index in [0.29, 0.717) is 17.1 Å². The van der Waals surface area contributed by atoms with Crippen molar-refractivity contribution in [3.05, 3.63) is 60.1 Å². The Labute approximate surface area is 155 Å². The molecule has 0 atom stereocenters. The Hall–Kier alpha value is -3.49. The summed E-state index contributed by atoms with van der Waals surface area (Å²) in [5, 5.41) is 6.93. The molecule has 2 N–H and O–H groups in total. The van der Waals surface area contributed by atoms with E-state index in [4.69, 9.17) is 0 Å². The first-order valence-electron chi connectivity index (χ1n) is 8.77. The molecule has 0 bridgehead atoms. The van der Waals surface area contributed by atoms with E-state index < -0.39 is 0 Å². The van der Waals surface area contributed by atoms with Crippen molar-refractivity contribution in [3.8, 4) is 5.82 Å². The first-order chi connectivity index (χ1) is 13.2. The predicted molar refractivity (Wildman–Crippen MR) is 96.3 cm³/mol. The number of aromatic nitrogens is 5. The fourth-order valence-corrected chi connectivity index (χ4v) is 3.11. The minimum atomic E-state index is -0.264. The van der Waals surface area contributed by atoms with Gasteiger partial charge in [-0.1, -0.05) is 6.07 Å². The van der Waals surface area contributed by atoms with Crippen molar-refractivity contribution >= 4 is 11.8 Å². The van der Waals surface area contributed by atoms with Gasteiger partial charge in [-0.2, -0.15) is 5.10 Å². The number of nitrogens with zero attached hydrogens (tertiary/aromatic N) is 5. The molecule has 0 radical (unpaired) electrons. The zero-order chi connectivity index (χ0) is 18.6. The van der Waals surface area contributed by atoms with E-state index in [0.717, 1.165) is 31.5 Å². The van der Waals surface area contributed by atoms with E-state index in [9.17, 15) is 9.59 Å². The van der Waals surface area contributed by atoms with Gasteiger partial charge in [-0.15, -0.1) is 0 Å². The molecule has 138 valence electrons. The summed E-state index contributed by atoms with van der Waals surface area (Å²) in [5.74, 6) is 0.279. The van der Waals surface area contributed by atoms with E-state index in [1.807, 2.05) is 6.07 Å². The first kappa shape index (κ1) is 17.0. The third-order valence-corrected chi connectivity index (χ3v) is 4.51. The lowest BCUT2D eigenvalue weighted by Gasteiger charge is -2.13. The average molecular weight is 365 g/mol. The molecule has 27 heavy (non-hydrogen) atoms. The van der Waals surface area contributed by atoms with Crippen LogP contribution in [0.3, 0.4) is 0 Å². The molecule has 9 nitrogen and oxygen atoms in total. The monoisotopic (exact) mass is 365 g/mol. The van der Waals surface area contributed by atoms with Crippen LogP contribution in [0, 0.1) is 0 Å². The molecule has 0 spiro atoms. The summed E-state index contributed by atoms with van der Waals surface area (Å²) in [7, 11) is 0. The maximum Gasteiger partial charge on any atom is 0.270 e. The van der Waals surface area contributed by atoms with Gasteiger partial charge in [0.1, 0.15) is 18.3 Å². The molecule has 1 aliphatic rings. The second kappa shape index (κ2) is 7.40. The topological polar surface area (TPSA) is 109 Å². The van der Waals surface area contributed by atoms with Gasteiger partial charge in [-0.05, 0) is 25.0 Å². The summed E-state index contributed by atoms with van der Waals surface area (Å²) >= 11 is 0. The van der Waals surface area contributed by atoms with Gasteiger partial charge in [-0.25, -0.2) is 14.6 Å². The predicted octanol–water partition coefficient (Wildman–Crippen LogP) is 1.16. The number of hydrogen-bond donors (Lipinski definition) is 2. The number of H-pyrrole nitrogens is 1. The van der Waals surface area contributed by atoms with Crippen LogP contribution < -0.4 is 5.32 Å². The number of amides is 2. The zero-order valence-electron chi connectivity index (χ0n) is 14.6. The Kier molecular flexibility index (Phi) is 4.65. The summed E-state index contributed by atoms with van der Waals surface area (Å²) < 4.78 is 1.55. The Morgan fingerprint density at radius 2 is 2.11 bits per heavy atom. The molecule has 0 aromatic carbocycles. The Morgan fingerprint density at radius 1 is 1.26 bits per heavy atom. The lowest BCUT2D eigenvalue weighted by atomic mass is 10.2. The largest absolute Gasteiger partial charge is 0.356 e. The van der Waals surface area contributed by atoms with Crippen LogP contribution in [0.5, 0.6) is 0 Å². The van der Waals surface area contributed by atoms with E-state index >= 15 is 0 Å². The fourth-order valence-electron chi connectivity index (χ4n) is 3.11. The molecular weight excluding hydrogens is 346 g/mol. The van der Waals surface area contributed by atoms with Gasteiger partial charge in [0.25, 0.3) is 11.8 Å². The average Bonchev–Trinajstić information content (AvgIpc) is 3.47. The molecule has 4 rings (SSSR count). The lowest BCUT2D eigenvalue weighted by molar-refractivity contribution is 0.0787. The van der Waals surface area contributed by atoms with Crippen LogP contribution in [0.4, 0.5) is 0 Å². The normalized spacial score (nSPS) is 13.7. The molecule has 4 heterocycles. The van der Waals surface area contributed by atoms with Gasteiger partial charge in [0.15, 0.2) is 5.82 Å². The van der Waals surface area contributed by atoms with Gasteiger partial charge >= 0.3 is 0 Å². The third-order valence-electron chi connectivity index (χ3n) is 4.51. The van der Waals surface area contributed by atoms with Crippen molar-refractivity contribution in [1.29, 1.82) is 0 Å². The molecule has 1 fully saturated rings. The molecule has 3 aromatic rings. The van der Waals surface area contributed by atoms with E-state index in [1.165, 1.54) is 6.33 Å². The number of nitrogens with one attached hydrogen (secondary N) is 2. The van der Waals surface area contributed by atoms with Gasteiger partial charge < -0.3 is 15.2 Å². The summed E-state index contributed by atoms with van der Waals surface area (Å²) in [6.45, 7) is 1.82. The number of likely N-dealkylation sites (tertiary alicyclic amines) is 1. The van der Waals surface area contributed by atoms with E-state index in [2.05, 4.69) is 25.4 Å². The van der Waals surface area contributed by atoms with Crippen molar-refractivity contribution in [3.63, 3.8) is 0 Å². The van der Waals surface area contributed by atoms with Crippen LogP contribution in [0.15, 0.2) is 43.2 Å². The van der Waals surface area contributed by atoms with Gasteiger partial charge in [-0.3, -0.25) is 9.59 Å². The highest BCUT2D eigenvalue weighted by molar-refractivity contribution is 5.99. The molecule has 0 unspecified atom stereocenters. The van der Waals surface area contributed by atoms with Crippen molar-refractivity contribution in [2.75, 3.05) is 13.1 Å². The zero-order valence-corrected chi connectivity index (χ0v) is 14.6. The molecule has 3 aromatic heterocycles. The molecule has 9 heteroatoms. The van der Waals surface area contributed by atoms with Crippen LogP contribution in [-0.4, -0.2) is 54.5 Å². The minimum absolute atomic E-state index is 0.0627. The Morgan fingerprint density at radius 3 is 2.89 bits per heavy atom. The highest BCUT2D eigenvalue weighted by atomic mass is 16.2. The Bertz CT molecular complexity index is 942. The van der Waals surface area contributed by atoms with Crippen molar-refractivity contribution in [2.24, 2.45) is 0 Å². The number of carbonyl (C=O) groups excluding carboxylic acids is 2. The molecule has 1 aliphatic heterocycles. The smallest absolute Gasteiger partial charge is 0.270 e. The third kappa shape index (κ3) is 3.57. The van der Waals surface area contributed by atoms with Gasteiger partial charge in [0.05, 0.1) is 5.56 Å². The quantitative estimate of drug-likeness (QED) is 0.705. The number of rotatable bonds is 5. The van der Waals surface area contributed by atoms with Gasteiger partial charge in [0, 0.05) is 37.6 Å². The standard InChI is InChI=1S/C18H19N7O2/c26-17(14-8-15(21-10-14)18(27)24-6-1-2-7-24)22-9-13-4-3-5-20-16(13)25-12-19-11-23-25/h3-5,8,10-12,21H,1-2,6-7,9H2,(H,22,26).